The molecule has 0 bridgehead atoms. The van der Waals surface area contributed by atoms with Crippen LogP contribution >= 0.6 is 34.5 Å². The molecule has 0 saturated heterocycles. The van der Waals surface area contributed by atoms with Crippen molar-refractivity contribution in [2.75, 3.05) is 13.7 Å². The molecule has 30 heavy (non-hydrogen) atoms. The second-order valence-corrected chi connectivity index (χ2v) is 9.73. The van der Waals surface area contributed by atoms with E-state index in [0.29, 0.717) is 28.7 Å². The maximum Gasteiger partial charge on any atom is 0.348 e. The number of carbonyl (C=O) groups is 2. The van der Waals surface area contributed by atoms with Gasteiger partial charge in [0.2, 0.25) is 0 Å². The lowest BCUT2D eigenvalue weighted by atomic mass is 9.91. The quantitative estimate of drug-likeness (QED) is 0.336. The number of hydrogen-bond acceptors (Lipinski definition) is 5. The monoisotopic (exact) mass is 468 g/mol. The van der Waals surface area contributed by atoms with Gasteiger partial charge in [-0.1, -0.05) is 18.5 Å². The van der Waals surface area contributed by atoms with Gasteiger partial charge in [-0.2, -0.15) is 0 Å². The summed E-state index contributed by atoms with van der Waals surface area (Å²) in [7, 11) is 1.38. The molecule has 162 valence electrons. The fourth-order valence-electron chi connectivity index (χ4n) is 3.91. The number of benzene rings is 1. The molecule has 7 heteroatoms. The third-order valence-corrected chi connectivity index (χ3v) is 7.39. The Morgan fingerprint density at radius 3 is 2.80 bits per heavy atom. The van der Waals surface area contributed by atoms with Crippen LogP contribution in [0.3, 0.4) is 0 Å². The molecule has 1 aromatic heterocycles. The number of rotatable bonds is 9. The van der Waals surface area contributed by atoms with E-state index in [1.54, 1.807) is 12.1 Å². The van der Waals surface area contributed by atoms with Crippen LogP contribution in [0.15, 0.2) is 30.3 Å². The normalized spacial score (nSPS) is 21.1. The first kappa shape index (κ1) is 23.1. The Balaban J connectivity index is 1.56. The van der Waals surface area contributed by atoms with Crippen molar-refractivity contribution >= 4 is 46.3 Å². The van der Waals surface area contributed by atoms with Gasteiger partial charge in [0.15, 0.2) is 0 Å². The Labute approximate surface area is 191 Å². The van der Waals surface area contributed by atoms with E-state index in [9.17, 15) is 9.59 Å². The van der Waals surface area contributed by atoms with Gasteiger partial charge in [-0.25, -0.2) is 4.79 Å². The second kappa shape index (κ2) is 10.7. The molecule has 0 radical (unpaired) electrons. The van der Waals surface area contributed by atoms with Crippen LogP contribution in [-0.2, 0) is 22.4 Å². The van der Waals surface area contributed by atoms with Gasteiger partial charge in [0.05, 0.1) is 19.6 Å². The minimum Gasteiger partial charge on any atom is -0.493 e. The average molecular weight is 469 g/mol. The van der Waals surface area contributed by atoms with Crippen LogP contribution in [-0.4, -0.2) is 30.8 Å². The zero-order valence-corrected chi connectivity index (χ0v) is 19.5. The summed E-state index contributed by atoms with van der Waals surface area (Å²) >= 11 is 14.1. The molecule has 1 aromatic carbocycles. The highest BCUT2D eigenvalue weighted by Gasteiger charge is 2.41. The van der Waals surface area contributed by atoms with Crippen LogP contribution in [0.25, 0.3) is 0 Å². The third-order valence-electron chi connectivity index (χ3n) is 5.57. The van der Waals surface area contributed by atoms with Crippen molar-refractivity contribution in [2.24, 2.45) is 11.8 Å². The number of hydrogen-bond donors (Lipinski definition) is 0. The number of alkyl halides is 1. The van der Waals surface area contributed by atoms with Crippen LogP contribution in [0.5, 0.6) is 5.75 Å². The average Bonchev–Trinajstić information content (AvgIpc) is 3.30. The minimum absolute atomic E-state index is 0.0871. The summed E-state index contributed by atoms with van der Waals surface area (Å²) in [5.41, 5.74) is 1.10. The molecule has 1 aliphatic rings. The van der Waals surface area contributed by atoms with Crippen LogP contribution < -0.4 is 4.74 Å². The Kier molecular flexibility index (Phi) is 8.20. The van der Waals surface area contributed by atoms with E-state index in [1.165, 1.54) is 18.4 Å². The largest absolute Gasteiger partial charge is 0.493 e. The molecule has 0 aliphatic heterocycles. The van der Waals surface area contributed by atoms with Gasteiger partial charge in [0.1, 0.15) is 16.4 Å². The van der Waals surface area contributed by atoms with Crippen LogP contribution in [0.2, 0.25) is 5.02 Å². The maximum absolute atomic E-state index is 12.5. The summed E-state index contributed by atoms with van der Waals surface area (Å²) in [5, 5.41) is 0.474. The topological polar surface area (TPSA) is 52.6 Å². The molecule has 1 saturated carbocycles. The van der Waals surface area contributed by atoms with Crippen LogP contribution in [0, 0.1) is 11.8 Å². The molecule has 1 fully saturated rings. The van der Waals surface area contributed by atoms with Gasteiger partial charge in [-0.3, -0.25) is 4.79 Å². The predicted octanol–water partition coefficient (Wildman–Crippen LogP) is 5.96. The summed E-state index contributed by atoms with van der Waals surface area (Å²) in [6.07, 6.45) is 3.84. The number of methoxy groups -OCH3 is 1. The van der Waals surface area contributed by atoms with E-state index in [2.05, 4.69) is 6.92 Å². The number of Topliss-reactive ketones (excluding diaryl/α,β-unsaturated/α-hetero) is 1. The molecule has 2 aromatic rings. The van der Waals surface area contributed by atoms with Crippen LogP contribution in [0.4, 0.5) is 0 Å². The SMILES string of the molecule is CCc1cc(Cl)cc(OC[C@H]2C(=O)C[C@@H](Cl)C2CCCc2ccc(C(=O)OC)s2)c1. The predicted molar refractivity (Wildman–Crippen MR) is 121 cm³/mol. The Morgan fingerprint density at radius 2 is 2.07 bits per heavy atom. The van der Waals surface area contributed by atoms with Gasteiger partial charge in [-0.15, -0.1) is 22.9 Å². The number of ketones is 1. The number of ether oxygens (including phenoxy) is 2. The number of aryl methyl sites for hydroxylation is 2. The lowest BCUT2D eigenvalue weighted by Crippen LogP contribution is -2.25. The van der Waals surface area contributed by atoms with E-state index in [1.807, 2.05) is 18.2 Å². The Morgan fingerprint density at radius 1 is 1.27 bits per heavy atom. The zero-order chi connectivity index (χ0) is 21.7. The molecule has 4 nitrogen and oxygen atoms in total. The number of carbonyl (C=O) groups excluding carboxylic acids is 2. The van der Waals surface area contributed by atoms with E-state index in [4.69, 9.17) is 32.7 Å². The lowest BCUT2D eigenvalue weighted by Gasteiger charge is -2.21. The standard InChI is InChI=1S/C23H26Cl2O4S/c1-3-14-9-15(24)11-16(10-14)29-13-19-18(20(25)12-21(19)26)6-4-5-17-7-8-22(30-17)23(27)28-2/h7-11,18-20H,3-6,12-13H2,1-2H3/t18?,19-,20-/m1/s1. The summed E-state index contributed by atoms with van der Waals surface area (Å²) < 4.78 is 10.7. The smallest absolute Gasteiger partial charge is 0.348 e. The van der Waals surface area contributed by atoms with Crippen molar-refractivity contribution in [3.8, 4) is 5.75 Å². The first-order valence-corrected chi connectivity index (χ1v) is 11.8. The van der Waals surface area contributed by atoms with E-state index < -0.39 is 0 Å². The number of esters is 1. The van der Waals surface area contributed by atoms with Crippen molar-refractivity contribution < 1.29 is 19.1 Å². The fourth-order valence-corrected chi connectivity index (χ4v) is 5.58. The van der Waals surface area contributed by atoms with E-state index in [-0.39, 0.29) is 29.0 Å². The Bertz CT molecular complexity index is 895. The number of halogens is 2. The van der Waals surface area contributed by atoms with Crippen molar-refractivity contribution in [1.29, 1.82) is 0 Å². The van der Waals surface area contributed by atoms with Gasteiger partial charge >= 0.3 is 5.97 Å². The zero-order valence-electron chi connectivity index (χ0n) is 17.2. The fraction of sp³-hybridized carbons (Fsp3) is 0.478. The molecule has 0 amide bonds. The lowest BCUT2D eigenvalue weighted by molar-refractivity contribution is -0.122. The summed E-state index contributed by atoms with van der Waals surface area (Å²) in [4.78, 5) is 25.8. The molecule has 0 spiro atoms. The maximum atomic E-state index is 12.5. The van der Waals surface area contributed by atoms with Gasteiger partial charge in [0.25, 0.3) is 0 Å². The second-order valence-electron chi connectivity index (χ2n) is 7.57. The summed E-state index contributed by atoms with van der Waals surface area (Å²) in [5.74, 6) is 0.437. The van der Waals surface area contributed by atoms with Crippen LogP contribution in [0.1, 0.15) is 46.3 Å². The van der Waals surface area contributed by atoms with Crippen molar-refractivity contribution in [1.82, 2.24) is 0 Å². The van der Waals surface area contributed by atoms with Crippen molar-refractivity contribution in [2.45, 2.75) is 44.4 Å². The third kappa shape index (κ3) is 5.77. The van der Waals surface area contributed by atoms with Gasteiger partial charge < -0.3 is 9.47 Å². The molecule has 3 atom stereocenters. The summed E-state index contributed by atoms with van der Waals surface area (Å²) in [6, 6.07) is 9.42. The molecule has 0 N–H and O–H groups in total. The van der Waals surface area contributed by atoms with E-state index >= 15 is 0 Å². The highest BCUT2D eigenvalue weighted by molar-refractivity contribution is 7.13. The molecular formula is C23H26Cl2O4S. The molecule has 1 aliphatic carbocycles. The van der Waals surface area contributed by atoms with Crippen molar-refractivity contribution in [3.63, 3.8) is 0 Å². The molecule has 3 rings (SSSR count). The van der Waals surface area contributed by atoms with Gasteiger partial charge in [0, 0.05) is 21.7 Å². The summed E-state index contributed by atoms with van der Waals surface area (Å²) in [6.45, 7) is 2.38. The van der Waals surface area contributed by atoms with Gasteiger partial charge in [-0.05, 0) is 67.5 Å². The highest BCUT2D eigenvalue weighted by atomic mass is 35.5. The first-order chi connectivity index (χ1) is 14.4. The minimum atomic E-state index is -0.307. The van der Waals surface area contributed by atoms with E-state index in [0.717, 1.165) is 36.1 Å². The highest BCUT2D eigenvalue weighted by Crippen LogP contribution is 2.37. The molecule has 1 unspecified atom stereocenters. The molecule has 1 heterocycles. The first-order valence-electron chi connectivity index (χ1n) is 10.2. The molecular weight excluding hydrogens is 443 g/mol. The Hall–Kier alpha value is -1.56. The number of thiophene rings is 1. The van der Waals surface area contributed by atoms with Crippen molar-refractivity contribution in [3.05, 3.63) is 50.7 Å².